The van der Waals surface area contributed by atoms with Gasteiger partial charge in [-0.25, -0.2) is 5.43 Å². The lowest BCUT2D eigenvalue weighted by atomic mass is 10.2. The Hall–Kier alpha value is -3.48. The maximum absolute atomic E-state index is 12.3. The molecule has 1 amide bonds. The molecule has 0 radical (unpaired) electrons. The Morgan fingerprint density at radius 2 is 1.77 bits per heavy atom. The number of rotatable bonds is 6. The molecule has 0 fully saturated rings. The third kappa shape index (κ3) is 3.32. The minimum absolute atomic E-state index is 0.360. The standard InChI is InChI=1S/C19H19N3O4/c1-24-16-8-5-7-14-13(16)10-15(21-14)19(23)22-20-11-12-6-4-9-17(25-2)18(12)26-3/h4-11,21H,1-3H3,(H,22,23)/b20-11-. The highest BCUT2D eigenvalue weighted by Crippen LogP contribution is 2.29. The van der Waals surface area contributed by atoms with E-state index in [9.17, 15) is 4.79 Å². The molecule has 1 heterocycles. The van der Waals surface area contributed by atoms with Gasteiger partial charge in [-0.15, -0.1) is 0 Å². The summed E-state index contributed by atoms with van der Waals surface area (Å²) in [6.07, 6.45) is 1.50. The molecule has 2 aromatic carbocycles. The van der Waals surface area contributed by atoms with E-state index in [0.29, 0.717) is 28.5 Å². The van der Waals surface area contributed by atoms with Crippen LogP contribution in [0.1, 0.15) is 16.1 Å². The van der Waals surface area contributed by atoms with E-state index < -0.39 is 0 Å². The molecule has 0 atom stereocenters. The van der Waals surface area contributed by atoms with Gasteiger partial charge in [-0.1, -0.05) is 12.1 Å². The molecule has 26 heavy (non-hydrogen) atoms. The number of benzene rings is 2. The second-order valence-electron chi connectivity index (χ2n) is 5.39. The molecule has 0 aliphatic heterocycles. The van der Waals surface area contributed by atoms with Gasteiger partial charge in [-0.3, -0.25) is 4.79 Å². The lowest BCUT2D eigenvalue weighted by Gasteiger charge is -2.09. The second-order valence-corrected chi connectivity index (χ2v) is 5.39. The van der Waals surface area contributed by atoms with Crippen LogP contribution in [0.4, 0.5) is 0 Å². The first kappa shape index (κ1) is 17.3. The van der Waals surface area contributed by atoms with Crippen molar-refractivity contribution >= 4 is 23.0 Å². The monoisotopic (exact) mass is 353 g/mol. The highest BCUT2D eigenvalue weighted by atomic mass is 16.5. The van der Waals surface area contributed by atoms with Gasteiger partial charge in [0, 0.05) is 16.5 Å². The van der Waals surface area contributed by atoms with Crippen LogP contribution in [0.15, 0.2) is 47.6 Å². The summed E-state index contributed by atoms with van der Waals surface area (Å²) < 4.78 is 15.9. The fraction of sp³-hybridized carbons (Fsp3) is 0.158. The number of carbonyl (C=O) groups excluding carboxylic acids is 1. The van der Waals surface area contributed by atoms with E-state index in [1.54, 1.807) is 33.5 Å². The van der Waals surface area contributed by atoms with Crippen molar-refractivity contribution in [1.82, 2.24) is 10.4 Å². The first-order valence-corrected chi connectivity index (χ1v) is 7.88. The van der Waals surface area contributed by atoms with Gasteiger partial charge in [-0.05, 0) is 30.3 Å². The average molecular weight is 353 g/mol. The number of carbonyl (C=O) groups is 1. The number of H-pyrrole nitrogens is 1. The molecule has 0 aliphatic carbocycles. The number of ether oxygens (including phenoxy) is 3. The van der Waals surface area contributed by atoms with Gasteiger partial charge in [0.2, 0.25) is 0 Å². The zero-order valence-electron chi connectivity index (χ0n) is 14.7. The summed E-state index contributed by atoms with van der Waals surface area (Å²) >= 11 is 0. The van der Waals surface area contributed by atoms with Crippen molar-refractivity contribution < 1.29 is 19.0 Å². The van der Waals surface area contributed by atoms with Crippen molar-refractivity contribution in [3.63, 3.8) is 0 Å². The first-order chi connectivity index (χ1) is 12.7. The summed E-state index contributed by atoms with van der Waals surface area (Å²) in [5.41, 5.74) is 4.38. The molecule has 0 spiro atoms. The topological polar surface area (TPSA) is 84.9 Å². The Morgan fingerprint density at radius 1 is 1.04 bits per heavy atom. The number of para-hydroxylation sites is 1. The number of amides is 1. The summed E-state index contributed by atoms with van der Waals surface area (Å²) in [5.74, 6) is 1.47. The largest absolute Gasteiger partial charge is 0.496 e. The van der Waals surface area contributed by atoms with Gasteiger partial charge < -0.3 is 19.2 Å². The maximum atomic E-state index is 12.3. The number of methoxy groups -OCH3 is 3. The predicted molar refractivity (Wildman–Crippen MR) is 99.5 cm³/mol. The fourth-order valence-corrected chi connectivity index (χ4v) is 2.66. The number of hydrogen-bond donors (Lipinski definition) is 2. The number of fused-ring (bicyclic) bond motifs is 1. The van der Waals surface area contributed by atoms with Crippen LogP contribution in [0.3, 0.4) is 0 Å². The zero-order chi connectivity index (χ0) is 18.5. The van der Waals surface area contributed by atoms with E-state index in [4.69, 9.17) is 14.2 Å². The van der Waals surface area contributed by atoms with Crippen molar-refractivity contribution in [3.05, 3.63) is 53.7 Å². The Balaban J connectivity index is 1.78. The van der Waals surface area contributed by atoms with Crippen LogP contribution in [0.5, 0.6) is 17.2 Å². The lowest BCUT2D eigenvalue weighted by molar-refractivity contribution is 0.0951. The normalized spacial score (nSPS) is 10.9. The van der Waals surface area contributed by atoms with Crippen molar-refractivity contribution in [3.8, 4) is 17.2 Å². The Kier molecular flexibility index (Phi) is 5.07. The third-order valence-electron chi connectivity index (χ3n) is 3.89. The Labute approximate surface area is 150 Å². The van der Waals surface area contributed by atoms with Gasteiger partial charge in [0.05, 0.1) is 27.5 Å². The molecule has 2 N–H and O–H groups in total. The van der Waals surface area contributed by atoms with Crippen LogP contribution in [-0.4, -0.2) is 38.4 Å². The average Bonchev–Trinajstić information content (AvgIpc) is 3.12. The van der Waals surface area contributed by atoms with Crippen LogP contribution in [-0.2, 0) is 0 Å². The van der Waals surface area contributed by atoms with Crippen molar-refractivity contribution in [1.29, 1.82) is 0 Å². The van der Waals surface area contributed by atoms with Crippen LogP contribution in [0.25, 0.3) is 10.9 Å². The lowest BCUT2D eigenvalue weighted by Crippen LogP contribution is -2.17. The summed E-state index contributed by atoms with van der Waals surface area (Å²) in [7, 11) is 4.70. The minimum Gasteiger partial charge on any atom is -0.496 e. The highest BCUT2D eigenvalue weighted by Gasteiger charge is 2.12. The van der Waals surface area contributed by atoms with E-state index in [2.05, 4.69) is 15.5 Å². The molecule has 1 aromatic heterocycles. The number of nitrogens with one attached hydrogen (secondary N) is 2. The molecule has 0 saturated carbocycles. The molecule has 0 unspecified atom stereocenters. The van der Waals surface area contributed by atoms with E-state index in [0.717, 1.165) is 10.9 Å². The van der Waals surface area contributed by atoms with E-state index >= 15 is 0 Å². The first-order valence-electron chi connectivity index (χ1n) is 7.88. The minimum atomic E-state index is -0.360. The molecule has 134 valence electrons. The maximum Gasteiger partial charge on any atom is 0.287 e. The van der Waals surface area contributed by atoms with Gasteiger partial charge in [-0.2, -0.15) is 5.10 Å². The molecule has 0 aliphatic rings. The van der Waals surface area contributed by atoms with Gasteiger partial charge in [0.1, 0.15) is 11.4 Å². The number of aromatic amines is 1. The number of aromatic nitrogens is 1. The molecular formula is C19H19N3O4. The molecule has 0 saturated heterocycles. The van der Waals surface area contributed by atoms with E-state index in [-0.39, 0.29) is 5.91 Å². The molecule has 3 aromatic rings. The summed E-state index contributed by atoms with van der Waals surface area (Å²) in [6, 6.07) is 12.7. The summed E-state index contributed by atoms with van der Waals surface area (Å²) in [4.78, 5) is 15.4. The predicted octanol–water partition coefficient (Wildman–Crippen LogP) is 2.96. The quantitative estimate of drug-likeness (QED) is 0.527. The zero-order valence-corrected chi connectivity index (χ0v) is 14.7. The molecule has 3 rings (SSSR count). The van der Waals surface area contributed by atoms with Crippen LogP contribution >= 0.6 is 0 Å². The molecular weight excluding hydrogens is 334 g/mol. The van der Waals surface area contributed by atoms with Crippen LogP contribution < -0.4 is 19.6 Å². The second kappa shape index (κ2) is 7.60. The molecule has 7 nitrogen and oxygen atoms in total. The number of hydrazone groups is 1. The van der Waals surface area contributed by atoms with Crippen molar-refractivity contribution in [2.75, 3.05) is 21.3 Å². The fourth-order valence-electron chi connectivity index (χ4n) is 2.66. The van der Waals surface area contributed by atoms with Gasteiger partial charge >= 0.3 is 0 Å². The van der Waals surface area contributed by atoms with E-state index in [1.807, 2.05) is 30.3 Å². The number of nitrogens with zero attached hydrogens (tertiary/aromatic N) is 1. The third-order valence-corrected chi connectivity index (χ3v) is 3.89. The van der Waals surface area contributed by atoms with Gasteiger partial charge in [0.15, 0.2) is 11.5 Å². The number of hydrogen-bond acceptors (Lipinski definition) is 5. The SMILES string of the molecule is COc1cccc(/C=N\NC(=O)c2cc3c(OC)cccc3[nH]2)c1OC. The summed E-state index contributed by atoms with van der Waals surface area (Å²) in [5, 5.41) is 4.84. The van der Waals surface area contributed by atoms with Crippen molar-refractivity contribution in [2.45, 2.75) is 0 Å². The Morgan fingerprint density at radius 3 is 2.50 bits per heavy atom. The smallest absolute Gasteiger partial charge is 0.287 e. The van der Waals surface area contributed by atoms with Gasteiger partial charge in [0.25, 0.3) is 5.91 Å². The Bertz CT molecular complexity index is 963. The van der Waals surface area contributed by atoms with Crippen LogP contribution in [0.2, 0.25) is 0 Å². The summed E-state index contributed by atoms with van der Waals surface area (Å²) in [6.45, 7) is 0. The van der Waals surface area contributed by atoms with E-state index in [1.165, 1.54) is 6.21 Å². The van der Waals surface area contributed by atoms with Crippen molar-refractivity contribution in [2.24, 2.45) is 5.10 Å². The highest BCUT2D eigenvalue weighted by molar-refractivity contribution is 6.00. The molecule has 0 bridgehead atoms. The van der Waals surface area contributed by atoms with Crippen LogP contribution in [0, 0.1) is 0 Å². The molecule has 7 heteroatoms.